The number of aromatic nitrogens is 3. The molecule has 1 aliphatic rings. The molecule has 0 radical (unpaired) electrons. The van der Waals surface area contributed by atoms with Crippen molar-refractivity contribution in [3.63, 3.8) is 0 Å². The average molecular weight is 481 g/mol. The molecule has 9 heteroatoms. The molecule has 1 saturated heterocycles. The van der Waals surface area contributed by atoms with E-state index in [0.717, 1.165) is 16.5 Å². The summed E-state index contributed by atoms with van der Waals surface area (Å²) in [6.07, 6.45) is 2.01. The number of rotatable bonds is 5. The van der Waals surface area contributed by atoms with Gasteiger partial charge in [-0.05, 0) is 72.2 Å². The summed E-state index contributed by atoms with van der Waals surface area (Å²) in [6.45, 7) is 13.5. The molecule has 2 atom stereocenters. The summed E-state index contributed by atoms with van der Waals surface area (Å²) < 4.78 is 18.3. The van der Waals surface area contributed by atoms with Crippen LogP contribution in [0.3, 0.4) is 0 Å². The van der Waals surface area contributed by atoms with Crippen LogP contribution < -0.4 is 10.1 Å². The lowest BCUT2D eigenvalue weighted by Gasteiger charge is -2.24. The molecule has 0 spiro atoms. The fourth-order valence-corrected chi connectivity index (χ4v) is 3.62. The number of nitrogens with one attached hydrogen (secondary N) is 1. The topological polar surface area (TPSA) is 114 Å². The zero-order valence-electron chi connectivity index (χ0n) is 21.2. The van der Waals surface area contributed by atoms with Crippen LogP contribution in [0.15, 0.2) is 36.7 Å². The van der Waals surface area contributed by atoms with E-state index < -0.39 is 29.4 Å². The third kappa shape index (κ3) is 5.97. The number of esters is 1. The van der Waals surface area contributed by atoms with Gasteiger partial charge in [-0.25, -0.2) is 9.59 Å². The number of hydrogen-bond acceptors (Lipinski definition) is 8. The van der Waals surface area contributed by atoms with Crippen molar-refractivity contribution in [1.29, 1.82) is 0 Å². The number of fused-ring (bicyclic) bond motifs is 1. The highest BCUT2D eigenvalue weighted by Gasteiger charge is 2.40. The summed E-state index contributed by atoms with van der Waals surface area (Å²) in [7, 11) is 0. The molecule has 0 bridgehead atoms. The Kier molecular flexibility index (Phi) is 6.31. The summed E-state index contributed by atoms with van der Waals surface area (Å²) >= 11 is 0. The lowest BCUT2D eigenvalue weighted by Crippen LogP contribution is -2.39. The molecule has 0 saturated carbocycles. The van der Waals surface area contributed by atoms with E-state index in [1.165, 1.54) is 4.68 Å². The minimum Gasteiger partial charge on any atom is -0.475 e. The Labute approximate surface area is 204 Å². The Morgan fingerprint density at radius 2 is 1.71 bits per heavy atom. The zero-order chi connectivity index (χ0) is 25.5. The van der Waals surface area contributed by atoms with Crippen LogP contribution in [0.5, 0.6) is 5.75 Å². The Morgan fingerprint density at radius 1 is 1.03 bits per heavy atom. The second-order valence-electron chi connectivity index (χ2n) is 10.7. The van der Waals surface area contributed by atoms with Crippen LogP contribution in [0.25, 0.3) is 22.0 Å². The van der Waals surface area contributed by atoms with Gasteiger partial charge in [-0.1, -0.05) is 6.07 Å². The molecule has 35 heavy (non-hydrogen) atoms. The Balaban J connectivity index is 1.60. The molecule has 1 aliphatic heterocycles. The number of carbonyl (C=O) groups is 2. The number of aryl methyl sites for hydroxylation is 1. The molecule has 186 valence electrons. The normalized spacial score (nSPS) is 16.6. The van der Waals surface area contributed by atoms with Crippen LogP contribution in [0.4, 0.5) is 4.79 Å². The number of carbonyl (C=O) groups excluding carboxylic acids is 2. The van der Waals surface area contributed by atoms with Gasteiger partial charge in [-0.3, -0.25) is 4.98 Å². The second kappa shape index (κ2) is 8.96. The minimum atomic E-state index is -0.761. The first-order valence-electron chi connectivity index (χ1n) is 11.6. The number of nitrogens with zero attached hydrogens (tertiary/aromatic N) is 3. The maximum atomic E-state index is 12.7. The second-order valence-corrected chi connectivity index (χ2v) is 10.7. The molecular formula is C26H32N4O5. The van der Waals surface area contributed by atoms with Crippen LogP contribution in [-0.4, -0.2) is 56.7 Å². The van der Waals surface area contributed by atoms with E-state index in [0.29, 0.717) is 23.5 Å². The van der Waals surface area contributed by atoms with Crippen molar-refractivity contribution in [2.75, 3.05) is 6.54 Å². The number of ether oxygens (including phenoxy) is 3. The average Bonchev–Trinajstić information content (AvgIpc) is 3.53. The standard InChI is InChI=1S/C26H32N4O5/c1-15-19-11-16(8-9-21(19)30(29-15)24(32)35-26(5,6)7)17-10-18(13-27-12-17)33-22(20-14-28-20)23(31)34-25(2,3)4/h8-13,20,22,28H,14H2,1-7H3/t20-,22?/m0/s1. The van der Waals surface area contributed by atoms with E-state index in [9.17, 15) is 9.59 Å². The van der Waals surface area contributed by atoms with E-state index in [-0.39, 0.29) is 6.04 Å². The quantitative estimate of drug-likeness (QED) is 0.426. The summed E-state index contributed by atoms with van der Waals surface area (Å²) in [5.74, 6) is 0.0535. The van der Waals surface area contributed by atoms with Gasteiger partial charge in [0.1, 0.15) is 17.0 Å². The number of pyridine rings is 1. The first kappa shape index (κ1) is 24.7. The van der Waals surface area contributed by atoms with Gasteiger partial charge < -0.3 is 19.5 Å². The van der Waals surface area contributed by atoms with Crippen molar-refractivity contribution >= 4 is 23.0 Å². The molecule has 2 aromatic heterocycles. The summed E-state index contributed by atoms with van der Waals surface area (Å²) in [5, 5.41) is 8.34. The van der Waals surface area contributed by atoms with Crippen molar-refractivity contribution in [3.8, 4) is 16.9 Å². The van der Waals surface area contributed by atoms with E-state index in [4.69, 9.17) is 14.2 Å². The van der Waals surface area contributed by atoms with Gasteiger partial charge in [0.25, 0.3) is 0 Å². The lowest BCUT2D eigenvalue weighted by atomic mass is 10.0. The Bertz CT molecular complexity index is 1260. The van der Waals surface area contributed by atoms with Crippen LogP contribution in [-0.2, 0) is 14.3 Å². The van der Waals surface area contributed by atoms with Crippen molar-refractivity contribution in [3.05, 3.63) is 42.4 Å². The fourth-order valence-electron chi connectivity index (χ4n) is 3.62. The maximum Gasteiger partial charge on any atom is 0.435 e. The molecule has 9 nitrogen and oxygen atoms in total. The summed E-state index contributed by atoms with van der Waals surface area (Å²) in [4.78, 5) is 29.6. The van der Waals surface area contributed by atoms with E-state index in [2.05, 4.69) is 15.4 Å². The van der Waals surface area contributed by atoms with Crippen LogP contribution in [0, 0.1) is 6.92 Å². The van der Waals surface area contributed by atoms with Gasteiger partial charge in [0.15, 0.2) is 0 Å². The highest BCUT2D eigenvalue weighted by atomic mass is 16.6. The first-order valence-corrected chi connectivity index (χ1v) is 11.6. The van der Waals surface area contributed by atoms with Crippen molar-refractivity contribution in [2.45, 2.75) is 71.8 Å². The third-order valence-corrected chi connectivity index (χ3v) is 5.18. The minimum absolute atomic E-state index is 0.0915. The molecule has 0 aliphatic carbocycles. The molecule has 3 heterocycles. The fraction of sp³-hybridized carbons (Fsp3) is 0.462. The number of benzene rings is 1. The first-order chi connectivity index (χ1) is 16.3. The predicted molar refractivity (Wildman–Crippen MR) is 131 cm³/mol. The largest absolute Gasteiger partial charge is 0.475 e. The van der Waals surface area contributed by atoms with Crippen LogP contribution >= 0.6 is 0 Å². The summed E-state index contributed by atoms with van der Waals surface area (Å²) in [6, 6.07) is 7.42. The molecule has 1 fully saturated rings. The monoisotopic (exact) mass is 480 g/mol. The molecule has 1 aromatic carbocycles. The molecule has 4 rings (SSSR count). The van der Waals surface area contributed by atoms with E-state index >= 15 is 0 Å². The molecular weight excluding hydrogens is 448 g/mol. The Morgan fingerprint density at radius 3 is 2.34 bits per heavy atom. The Hall–Kier alpha value is -3.46. The van der Waals surface area contributed by atoms with Crippen molar-refractivity contribution in [1.82, 2.24) is 20.1 Å². The number of hydrogen-bond donors (Lipinski definition) is 1. The van der Waals surface area contributed by atoms with Crippen LogP contribution in [0.1, 0.15) is 47.2 Å². The molecule has 1 unspecified atom stereocenters. The smallest absolute Gasteiger partial charge is 0.435 e. The van der Waals surface area contributed by atoms with Crippen molar-refractivity contribution < 1.29 is 23.8 Å². The molecule has 1 N–H and O–H groups in total. The SMILES string of the molecule is Cc1nn(C(=O)OC(C)(C)C)c2ccc(-c3cncc(OC(C(=O)OC(C)(C)C)[C@@H]4CN4)c3)cc12. The highest BCUT2D eigenvalue weighted by Crippen LogP contribution is 2.29. The molecule has 3 aromatic rings. The lowest BCUT2D eigenvalue weighted by molar-refractivity contribution is -0.163. The van der Waals surface area contributed by atoms with Gasteiger partial charge in [-0.2, -0.15) is 9.78 Å². The van der Waals surface area contributed by atoms with Gasteiger partial charge in [-0.15, -0.1) is 0 Å². The summed E-state index contributed by atoms with van der Waals surface area (Å²) in [5.41, 5.74) is 1.82. The van der Waals surface area contributed by atoms with Gasteiger partial charge >= 0.3 is 12.1 Å². The van der Waals surface area contributed by atoms with Crippen molar-refractivity contribution in [2.24, 2.45) is 0 Å². The van der Waals surface area contributed by atoms with Gasteiger partial charge in [0.2, 0.25) is 6.10 Å². The van der Waals surface area contributed by atoms with Gasteiger partial charge in [0.05, 0.1) is 23.4 Å². The van der Waals surface area contributed by atoms with E-state index in [1.54, 1.807) is 12.4 Å². The van der Waals surface area contributed by atoms with Crippen LogP contribution in [0.2, 0.25) is 0 Å². The third-order valence-electron chi connectivity index (χ3n) is 5.18. The highest BCUT2D eigenvalue weighted by molar-refractivity contribution is 5.92. The van der Waals surface area contributed by atoms with E-state index in [1.807, 2.05) is 72.7 Å². The van der Waals surface area contributed by atoms with Gasteiger partial charge in [0, 0.05) is 23.7 Å². The molecule has 0 amide bonds. The maximum absolute atomic E-state index is 12.7. The predicted octanol–water partition coefficient (Wildman–Crippen LogP) is 4.25. The zero-order valence-corrected chi connectivity index (χ0v) is 21.2.